The molecule has 0 saturated carbocycles. The van der Waals surface area contributed by atoms with Gasteiger partial charge in [-0.25, -0.2) is 4.98 Å². The van der Waals surface area contributed by atoms with Gasteiger partial charge in [0.1, 0.15) is 10.4 Å². The Morgan fingerprint density at radius 2 is 1.84 bits per heavy atom. The van der Waals surface area contributed by atoms with Crippen LogP contribution in [0, 0.1) is 21.4 Å². The first-order chi connectivity index (χ1) is 21.0. The molecule has 0 radical (unpaired) electrons. The zero-order valence-electron chi connectivity index (χ0n) is 24.5. The summed E-state index contributed by atoms with van der Waals surface area (Å²) in [6.07, 6.45) is 0. The molecule has 0 atom stereocenters. The maximum Gasteiger partial charge on any atom is 0.330 e. The number of nitriles is 1. The van der Waals surface area contributed by atoms with Crippen molar-refractivity contribution in [3.63, 3.8) is 0 Å². The van der Waals surface area contributed by atoms with Gasteiger partial charge in [0.2, 0.25) is 11.7 Å². The van der Waals surface area contributed by atoms with Crippen LogP contribution in [0.25, 0.3) is 10.2 Å². The number of carbonyl (C=O) groups excluding carboxylic acids is 2. The van der Waals surface area contributed by atoms with Crippen LogP contribution in [0.5, 0.6) is 11.5 Å². The summed E-state index contributed by atoms with van der Waals surface area (Å²) >= 11 is 1.01. The number of nitrogens with zero attached hydrogens (tertiary/aromatic N) is 5. The van der Waals surface area contributed by atoms with Crippen LogP contribution in [-0.2, 0) is 10.2 Å². The predicted octanol–water partition coefficient (Wildman–Crippen LogP) is 5.24. The number of amides is 2. The van der Waals surface area contributed by atoms with Crippen LogP contribution < -0.4 is 15.4 Å². The smallest absolute Gasteiger partial charge is 0.330 e. The highest BCUT2D eigenvalue weighted by molar-refractivity contribution is 7.22. The van der Waals surface area contributed by atoms with Gasteiger partial charge in [-0.2, -0.15) is 5.26 Å². The molecule has 13 heteroatoms. The van der Waals surface area contributed by atoms with E-state index in [1.165, 1.54) is 6.07 Å². The Kier molecular flexibility index (Phi) is 8.86. The summed E-state index contributed by atoms with van der Waals surface area (Å²) < 4.78 is 6.21. The van der Waals surface area contributed by atoms with Gasteiger partial charge in [-0.05, 0) is 62.9 Å². The maximum absolute atomic E-state index is 13.0. The molecule has 1 aliphatic heterocycles. The van der Waals surface area contributed by atoms with E-state index in [-0.39, 0.29) is 45.4 Å². The van der Waals surface area contributed by atoms with Gasteiger partial charge in [0, 0.05) is 43.5 Å². The van der Waals surface area contributed by atoms with Crippen molar-refractivity contribution in [1.82, 2.24) is 14.8 Å². The van der Waals surface area contributed by atoms with E-state index in [0.29, 0.717) is 22.3 Å². The molecule has 0 bridgehead atoms. The third-order valence-corrected chi connectivity index (χ3v) is 8.33. The minimum atomic E-state index is -0.755. The van der Waals surface area contributed by atoms with Crippen LogP contribution in [0.15, 0.2) is 60.7 Å². The number of thiazole rings is 1. The Bertz CT molecular complexity index is 1770. The van der Waals surface area contributed by atoms with E-state index in [1.807, 2.05) is 7.05 Å². The van der Waals surface area contributed by atoms with Crippen molar-refractivity contribution in [1.29, 1.82) is 5.26 Å². The van der Waals surface area contributed by atoms with Gasteiger partial charge in [0.25, 0.3) is 5.91 Å². The lowest BCUT2D eigenvalue weighted by atomic mass is 9.85. The third-order valence-electron chi connectivity index (χ3n) is 7.33. The van der Waals surface area contributed by atoms with Gasteiger partial charge in [-0.15, -0.1) is 0 Å². The van der Waals surface area contributed by atoms with Crippen molar-refractivity contribution in [3.05, 3.63) is 81.9 Å². The zero-order valence-corrected chi connectivity index (χ0v) is 25.3. The van der Waals surface area contributed by atoms with Crippen molar-refractivity contribution in [2.75, 3.05) is 50.4 Å². The summed E-state index contributed by atoms with van der Waals surface area (Å²) in [4.78, 5) is 45.9. The number of hydrogen-bond donors (Lipinski definition) is 2. The minimum absolute atomic E-state index is 0.00336. The molecule has 2 heterocycles. The van der Waals surface area contributed by atoms with E-state index in [9.17, 15) is 25.0 Å². The summed E-state index contributed by atoms with van der Waals surface area (Å²) in [5, 5.41) is 27.5. The number of carbonyl (C=O) groups is 2. The first-order valence-electron chi connectivity index (χ1n) is 13.9. The zero-order chi connectivity index (χ0) is 31.4. The summed E-state index contributed by atoms with van der Waals surface area (Å²) in [5.74, 6) is -0.338. The second-order valence-corrected chi connectivity index (χ2v) is 12.1. The van der Waals surface area contributed by atoms with Crippen LogP contribution in [0.2, 0.25) is 0 Å². The lowest BCUT2D eigenvalue weighted by molar-refractivity contribution is -0.383. The number of nitro groups is 1. The molecule has 3 aromatic carbocycles. The van der Waals surface area contributed by atoms with Gasteiger partial charge >= 0.3 is 5.69 Å². The van der Waals surface area contributed by atoms with E-state index in [0.717, 1.165) is 37.5 Å². The van der Waals surface area contributed by atoms with Gasteiger partial charge in [-0.1, -0.05) is 29.5 Å². The van der Waals surface area contributed by atoms with Gasteiger partial charge in [0.15, 0.2) is 5.13 Å². The highest BCUT2D eigenvalue weighted by atomic mass is 32.1. The molecule has 2 N–H and O–H groups in total. The molecule has 2 amide bonds. The van der Waals surface area contributed by atoms with E-state index in [1.54, 1.807) is 68.4 Å². The summed E-state index contributed by atoms with van der Waals surface area (Å²) in [6.45, 7) is 7.11. The molecule has 1 aromatic heterocycles. The predicted molar refractivity (Wildman–Crippen MR) is 168 cm³/mol. The number of nitrogens with one attached hydrogen (secondary N) is 2. The van der Waals surface area contributed by atoms with Crippen molar-refractivity contribution in [3.8, 4) is 17.6 Å². The van der Waals surface area contributed by atoms with Crippen LogP contribution in [0.4, 0.5) is 16.5 Å². The van der Waals surface area contributed by atoms with Crippen molar-refractivity contribution in [2.45, 2.75) is 19.3 Å². The fraction of sp³-hybridized carbons (Fsp3) is 0.290. The SMILES string of the molecule is CN1CCN(CC(=O)Nc2nc3ccc(Oc4cccc(NC(=O)c5cccc(C(C)(C)C#N)c5)c4)c([N+](=O)[O-])c3s2)CC1. The molecule has 44 heavy (non-hydrogen) atoms. The molecule has 0 spiro atoms. The van der Waals surface area contributed by atoms with Gasteiger partial charge in [-0.3, -0.25) is 24.6 Å². The normalized spacial score (nSPS) is 14.1. The molecular formula is C31H31N7O5S. The molecule has 5 rings (SSSR count). The molecule has 0 aliphatic carbocycles. The van der Waals surface area contributed by atoms with Gasteiger partial charge < -0.3 is 20.3 Å². The number of benzene rings is 3. The minimum Gasteiger partial charge on any atom is -0.450 e. The molecular weight excluding hydrogens is 582 g/mol. The quantitative estimate of drug-likeness (QED) is 0.191. The number of piperazine rings is 1. The number of rotatable bonds is 9. The van der Waals surface area contributed by atoms with Gasteiger partial charge in [0.05, 0.1) is 28.5 Å². The Hall–Kier alpha value is -4.90. The molecule has 1 aliphatic rings. The Morgan fingerprint density at radius 1 is 1.09 bits per heavy atom. The van der Waals surface area contributed by atoms with Crippen LogP contribution in [-0.4, -0.2) is 71.3 Å². The standard InChI is InChI=1S/C31H31N7O5S/c1-31(2,19-32)21-7-4-6-20(16-21)29(40)33-22-8-5-9-23(17-22)43-25-11-10-24-28(27(25)38(41)42)44-30(34-24)35-26(39)18-37-14-12-36(3)13-15-37/h4-11,16-17H,12-15,18H2,1-3H3,(H,33,40)(H,34,35,39). The number of nitro benzene ring substituents is 1. The highest BCUT2D eigenvalue weighted by Gasteiger charge is 2.25. The lowest BCUT2D eigenvalue weighted by Crippen LogP contribution is -2.47. The molecule has 226 valence electrons. The number of fused-ring (bicyclic) bond motifs is 1. The fourth-order valence-corrected chi connectivity index (χ4v) is 5.71. The van der Waals surface area contributed by atoms with Crippen LogP contribution in [0.3, 0.4) is 0 Å². The Balaban J connectivity index is 1.31. The molecule has 4 aromatic rings. The van der Waals surface area contributed by atoms with E-state index in [4.69, 9.17) is 4.74 Å². The summed E-state index contributed by atoms with van der Waals surface area (Å²) in [7, 11) is 2.04. The molecule has 12 nitrogen and oxygen atoms in total. The average Bonchev–Trinajstić information content (AvgIpc) is 3.40. The van der Waals surface area contributed by atoms with Crippen molar-refractivity contribution < 1.29 is 19.2 Å². The third kappa shape index (κ3) is 7.00. The molecule has 1 saturated heterocycles. The number of aromatic nitrogens is 1. The average molecular weight is 614 g/mol. The van der Waals surface area contributed by atoms with E-state index < -0.39 is 10.3 Å². The fourth-order valence-electron chi connectivity index (χ4n) is 4.72. The van der Waals surface area contributed by atoms with Crippen LogP contribution >= 0.6 is 11.3 Å². The largest absolute Gasteiger partial charge is 0.450 e. The summed E-state index contributed by atoms with van der Waals surface area (Å²) in [6, 6.07) is 18.7. The first kappa shape index (κ1) is 30.6. The number of hydrogen-bond acceptors (Lipinski definition) is 10. The topological polar surface area (TPSA) is 154 Å². The lowest BCUT2D eigenvalue weighted by Gasteiger charge is -2.31. The number of ether oxygens (including phenoxy) is 1. The summed E-state index contributed by atoms with van der Waals surface area (Å²) in [5.41, 5.74) is 0.861. The Morgan fingerprint density at radius 3 is 2.57 bits per heavy atom. The van der Waals surface area contributed by atoms with E-state index >= 15 is 0 Å². The van der Waals surface area contributed by atoms with Crippen molar-refractivity contribution >= 4 is 49.9 Å². The highest BCUT2D eigenvalue weighted by Crippen LogP contribution is 2.42. The Labute approximate surface area is 258 Å². The first-order valence-corrected chi connectivity index (χ1v) is 14.7. The van der Waals surface area contributed by atoms with Crippen LogP contribution in [0.1, 0.15) is 29.8 Å². The molecule has 0 unspecified atom stereocenters. The maximum atomic E-state index is 13.0. The van der Waals surface area contributed by atoms with Crippen molar-refractivity contribution in [2.24, 2.45) is 0 Å². The second kappa shape index (κ2) is 12.8. The number of anilines is 2. The van der Waals surface area contributed by atoms with E-state index in [2.05, 4.69) is 31.5 Å². The number of likely N-dealkylation sites (N-methyl/N-ethyl adjacent to an activating group) is 1. The molecule has 1 fully saturated rings. The second-order valence-electron chi connectivity index (χ2n) is 11.1. The monoisotopic (exact) mass is 613 g/mol.